The normalized spacial score (nSPS) is 24.3. The minimum absolute atomic E-state index is 0.0240. The third-order valence-electron chi connectivity index (χ3n) is 6.74. The first-order valence-corrected chi connectivity index (χ1v) is 14.8. The van der Waals surface area contributed by atoms with Gasteiger partial charge < -0.3 is 37.3 Å². The third-order valence-corrected chi connectivity index (χ3v) is 7.85. The highest BCUT2D eigenvalue weighted by Crippen LogP contribution is 2.20. The number of primary amides is 1. The summed E-state index contributed by atoms with van der Waals surface area (Å²) in [5, 5.41) is 13.2. The van der Waals surface area contributed by atoms with Gasteiger partial charge >= 0.3 is 0 Å². The number of aromatic amines is 1. The lowest BCUT2D eigenvalue weighted by Gasteiger charge is -2.27. The predicted octanol–water partition coefficient (Wildman–Crippen LogP) is -1.09. The monoisotopic (exact) mass is 614 g/mol. The summed E-state index contributed by atoms with van der Waals surface area (Å²) >= 11 is 1.29. The summed E-state index contributed by atoms with van der Waals surface area (Å²) in [6, 6.07) is 1.85. The number of benzene rings is 1. The largest absolute Gasteiger partial charge is 0.368 e. The molecular weight excluding hydrogens is 576 g/mol. The zero-order chi connectivity index (χ0) is 31.7. The maximum Gasteiger partial charge on any atom is 0.243 e. The first-order valence-electron chi connectivity index (χ1n) is 13.8. The van der Waals surface area contributed by atoms with Crippen LogP contribution in [-0.4, -0.2) is 81.4 Å². The molecule has 2 aromatic rings. The Morgan fingerprint density at radius 3 is 2.28 bits per heavy atom. The van der Waals surface area contributed by atoms with Gasteiger partial charge in [0.2, 0.25) is 35.4 Å². The van der Waals surface area contributed by atoms with E-state index in [2.05, 4.69) is 36.6 Å². The number of carbonyl (C=O) groups excluding carboxylic acids is 6. The summed E-state index contributed by atoms with van der Waals surface area (Å²) in [7, 11) is 0. The fourth-order valence-electron chi connectivity index (χ4n) is 4.34. The second-order valence-electron chi connectivity index (χ2n) is 10.7. The lowest BCUT2D eigenvalue weighted by atomic mass is 10.0. The van der Waals surface area contributed by atoms with E-state index in [1.54, 1.807) is 38.1 Å². The Morgan fingerprint density at radius 2 is 1.70 bits per heavy atom. The second kappa shape index (κ2) is 15.2. The number of hydrogen-bond donors (Lipinski definition) is 7. The van der Waals surface area contributed by atoms with Crippen molar-refractivity contribution in [2.24, 2.45) is 11.7 Å². The molecule has 1 aromatic heterocycles. The lowest BCUT2D eigenvalue weighted by Crippen LogP contribution is -2.60. The summed E-state index contributed by atoms with van der Waals surface area (Å²) in [5.41, 5.74) is 6.85. The number of nitrogens with two attached hydrogens (primary N) is 1. The maximum absolute atomic E-state index is 13.4. The molecule has 5 atom stereocenters. The topological polar surface area (TPSA) is 217 Å². The average molecular weight is 615 g/mol. The average Bonchev–Trinajstić information content (AvgIpc) is 3.45. The Labute approximate surface area is 253 Å². The number of hydrogen-bond acceptors (Lipinski definition) is 8. The molecule has 0 saturated heterocycles. The van der Waals surface area contributed by atoms with E-state index in [9.17, 15) is 28.8 Å². The molecular formula is C28H38N8O6S. The number of amides is 6. The van der Waals surface area contributed by atoms with Crippen molar-refractivity contribution in [2.45, 2.75) is 75.6 Å². The van der Waals surface area contributed by atoms with Gasteiger partial charge in [-0.1, -0.05) is 26.0 Å². The highest BCUT2D eigenvalue weighted by molar-refractivity contribution is 7.99. The Bertz CT molecular complexity index is 1320. The summed E-state index contributed by atoms with van der Waals surface area (Å²) in [6.45, 7) is 6.18. The highest BCUT2D eigenvalue weighted by atomic mass is 32.2. The standard InChI is InChI=1S/C28H38N8O6S/c1-14(2)23-28(42)35-22(24(29)38)12-43-19-7-5-17(6-8-19)9-20(33-16(4)37)27(41)34-21(10-18-11-30-13-31-18)26(40)32-15(3)25(39)36-23/h5-8,11,13-15,20-23H,9-10,12H2,1-4H3,(H2,29,38)(H,30,31)(H,32,40)(H,33,37)(H,34,41)(H,35,42)(H,36,39)/t15?,20-,21-,22-,23-/m0/s1. The molecule has 2 aliphatic rings. The van der Waals surface area contributed by atoms with Crippen LogP contribution in [0.15, 0.2) is 41.7 Å². The van der Waals surface area contributed by atoms with Gasteiger partial charge in [0.05, 0.1) is 6.33 Å². The zero-order valence-corrected chi connectivity index (χ0v) is 25.2. The van der Waals surface area contributed by atoms with Crippen molar-refractivity contribution in [3.05, 3.63) is 48.0 Å². The van der Waals surface area contributed by atoms with Gasteiger partial charge in [-0.15, -0.1) is 11.8 Å². The molecule has 4 rings (SSSR count). The number of rotatable bonds is 5. The van der Waals surface area contributed by atoms with Gasteiger partial charge in [-0.05, 0) is 30.5 Å². The summed E-state index contributed by atoms with van der Waals surface area (Å²) in [6.07, 6.45) is 3.09. The van der Waals surface area contributed by atoms with E-state index in [0.29, 0.717) is 5.69 Å². The van der Waals surface area contributed by atoms with Crippen LogP contribution in [0.2, 0.25) is 0 Å². The van der Waals surface area contributed by atoms with E-state index in [0.717, 1.165) is 10.5 Å². The van der Waals surface area contributed by atoms with Crippen molar-refractivity contribution in [1.29, 1.82) is 0 Å². The Balaban J connectivity index is 1.96. The van der Waals surface area contributed by atoms with E-state index in [1.165, 1.54) is 38.1 Å². The second-order valence-corrected chi connectivity index (χ2v) is 11.8. The first-order chi connectivity index (χ1) is 20.3. The molecule has 43 heavy (non-hydrogen) atoms. The van der Waals surface area contributed by atoms with Crippen LogP contribution in [0.5, 0.6) is 0 Å². The number of thioether (sulfide) groups is 1. The maximum atomic E-state index is 13.4. The van der Waals surface area contributed by atoms with Gasteiger partial charge in [0.25, 0.3) is 0 Å². The molecule has 1 unspecified atom stereocenters. The molecule has 0 saturated carbocycles. The summed E-state index contributed by atoms with van der Waals surface area (Å²) in [4.78, 5) is 84.8. The predicted molar refractivity (Wildman–Crippen MR) is 158 cm³/mol. The number of aromatic nitrogens is 2. The van der Waals surface area contributed by atoms with Crippen LogP contribution in [0.3, 0.4) is 0 Å². The smallest absolute Gasteiger partial charge is 0.243 e. The van der Waals surface area contributed by atoms with Crippen LogP contribution in [-0.2, 0) is 41.6 Å². The summed E-state index contributed by atoms with van der Waals surface area (Å²) in [5.74, 6) is -3.89. The minimum atomic E-state index is -1.13. The van der Waals surface area contributed by atoms with Crippen LogP contribution >= 0.6 is 11.8 Å². The van der Waals surface area contributed by atoms with Gasteiger partial charge in [-0.3, -0.25) is 28.8 Å². The quantitative estimate of drug-likeness (QED) is 0.205. The fourth-order valence-corrected chi connectivity index (χ4v) is 5.27. The first kappa shape index (κ1) is 33.1. The third kappa shape index (κ3) is 9.84. The van der Waals surface area contributed by atoms with Gasteiger partial charge in [0.1, 0.15) is 30.2 Å². The van der Waals surface area contributed by atoms with Gasteiger partial charge in [-0.25, -0.2) is 4.98 Å². The van der Waals surface area contributed by atoms with Crippen LogP contribution in [0.1, 0.15) is 39.0 Å². The molecule has 0 aliphatic carbocycles. The van der Waals surface area contributed by atoms with Gasteiger partial charge in [-0.2, -0.15) is 0 Å². The Hall–Kier alpha value is -4.40. The summed E-state index contributed by atoms with van der Waals surface area (Å²) < 4.78 is 0. The number of carbonyl (C=O) groups is 6. The minimum Gasteiger partial charge on any atom is -0.368 e. The molecule has 15 heteroatoms. The number of imidazole rings is 1. The van der Waals surface area contributed by atoms with Crippen LogP contribution in [0, 0.1) is 5.92 Å². The van der Waals surface area contributed by atoms with Gasteiger partial charge in [0.15, 0.2) is 0 Å². The molecule has 14 nitrogen and oxygen atoms in total. The van der Waals surface area contributed by atoms with Crippen molar-refractivity contribution in [3.8, 4) is 0 Å². The molecule has 2 aliphatic heterocycles. The Kier molecular flexibility index (Phi) is 11.7. The molecule has 3 heterocycles. The van der Waals surface area contributed by atoms with Crippen molar-refractivity contribution in [2.75, 3.05) is 5.75 Å². The van der Waals surface area contributed by atoms with E-state index >= 15 is 0 Å². The van der Waals surface area contributed by atoms with Crippen molar-refractivity contribution in [3.63, 3.8) is 0 Å². The van der Waals surface area contributed by atoms with Crippen molar-refractivity contribution >= 4 is 47.2 Å². The van der Waals surface area contributed by atoms with Crippen LogP contribution in [0.25, 0.3) is 0 Å². The lowest BCUT2D eigenvalue weighted by molar-refractivity contribution is -0.135. The Morgan fingerprint density at radius 1 is 1.00 bits per heavy atom. The van der Waals surface area contributed by atoms with Crippen molar-refractivity contribution < 1.29 is 28.8 Å². The number of nitrogens with zero attached hydrogens (tertiary/aromatic N) is 1. The molecule has 1 aromatic carbocycles. The van der Waals surface area contributed by atoms with E-state index < -0.39 is 65.7 Å². The molecule has 232 valence electrons. The number of fused-ring (bicyclic) bond motifs is 17. The molecule has 6 amide bonds. The number of H-pyrrole nitrogens is 1. The molecule has 0 fully saturated rings. The van der Waals surface area contributed by atoms with Crippen LogP contribution in [0.4, 0.5) is 0 Å². The van der Waals surface area contributed by atoms with Gasteiger partial charge in [0, 0.05) is 42.3 Å². The number of nitrogens with one attached hydrogen (secondary N) is 6. The fraction of sp³-hybridized carbons (Fsp3) is 0.464. The SMILES string of the molecule is CC(=O)N[C@H]1Cc2ccc(cc2)SC[C@@H](C(N)=O)NC(=O)[C@H](C(C)C)NC(=O)C(C)NC(=O)[C@H](Cc2cnc[nH]2)NC1=O. The van der Waals surface area contributed by atoms with Crippen LogP contribution < -0.4 is 32.3 Å². The molecule has 2 bridgehead atoms. The van der Waals surface area contributed by atoms with E-state index in [1.807, 2.05) is 0 Å². The molecule has 0 spiro atoms. The zero-order valence-electron chi connectivity index (χ0n) is 24.4. The molecule has 8 N–H and O–H groups in total. The van der Waals surface area contributed by atoms with E-state index in [4.69, 9.17) is 5.73 Å². The van der Waals surface area contributed by atoms with E-state index in [-0.39, 0.29) is 24.5 Å². The highest BCUT2D eigenvalue weighted by Gasteiger charge is 2.32. The molecule has 0 radical (unpaired) electrons. The van der Waals surface area contributed by atoms with Crippen molar-refractivity contribution in [1.82, 2.24) is 36.6 Å².